The molecule has 0 aliphatic rings. The van der Waals surface area contributed by atoms with E-state index in [0.29, 0.717) is 0 Å². The van der Waals surface area contributed by atoms with Crippen molar-refractivity contribution in [3.63, 3.8) is 0 Å². The van der Waals surface area contributed by atoms with Crippen LogP contribution in [-0.4, -0.2) is 10.2 Å². The first-order chi connectivity index (χ1) is 11.5. The molecule has 2 N–H and O–H groups in total. The van der Waals surface area contributed by atoms with E-state index in [0.717, 1.165) is 20.9 Å². The molecule has 2 atom stereocenters. The Kier molecular flexibility index (Phi) is 6.03. The highest BCUT2D eigenvalue weighted by molar-refractivity contribution is 7.99. The second-order valence-corrected chi connectivity index (χ2v) is 9.92. The predicted molar refractivity (Wildman–Crippen MR) is 106 cm³/mol. The quantitative estimate of drug-likeness (QED) is 0.704. The normalized spacial score (nSPS) is 15.0. The first kappa shape index (κ1) is 20.0. The molecule has 0 spiro atoms. The van der Waals surface area contributed by atoms with E-state index in [1.165, 1.54) is 0 Å². The van der Waals surface area contributed by atoms with Gasteiger partial charge in [-0.3, -0.25) is 0 Å². The van der Waals surface area contributed by atoms with Crippen molar-refractivity contribution >= 4 is 11.8 Å². The van der Waals surface area contributed by atoms with Crippen molar-refractivity contribution in [2.45, 2.75) is 63.5 Å². The van der Waals surface area contributed by atoms with Crippen LogP contribution in [0, 0.1) is 10.8 Å². The molecule has 2 unspecified atom stereocenters. The van der Waals surface area contributed by atoms with E-state index in [1.807, 2.05) is 90.1 Å². The molecule has 0 radical (unpaired) electrons. The highest BCUT2D eigenvalue weighted by Gasteiger charge is 2.24. The van der Waals surface area contributed by atoms with Gasteiger partial charge < -0.3 is 10.2 Å². The fourth-order valence-electron chi connectivity index (χ4n) is 2.57. The number of rotatable bonds is 4. The molecule has 2 nitrogen and oxygen atoms in total. The van der Waals surface area contributed by atoms with E-state index in [4.69, 9.17) is 0 Å². The summed E-state index contributed by atoms with van der Waals surface area (Å²) in [4.78, 5) is 2.27. The Morgan fingerprint density at radius 1 is 0.600 bits per heavy atom. The molecule has 25 heavy (non-hydrogen) atoms. The van der Waals surface area contributed by atoms with Gasteiger partial charge in [-0.25, -0.2) is 0 Å². The molecule has 0 aliphatic carbocycles. The summed E-state index contributed by atoms with van der Waals surface area (Å²) < 4.78 is 0. The highest BCUT2D eigenvalue weighted by Crippen LogP contribution is 2.36. The molecule has 136 valence electrons. The lowest BCUT2D eigenvalue weighted by molar-refractivity contribution is 0.0626. The average Bonchev–Trinajstić information content (AvgIpc) is 2.53. The lowest BCUT2D eigenvalue weighted by atomic mass is 9.85. The summed E-state index contributed by atoms with van der Waals surface area (Å²) in [5.74, 6) is 0. The maximum Gasteiger partial charge on any atom is 0.0838 e. The smallest absolute Gasteiger partial charge is 0.0838 e. The first-order valence-electron chi connectivity index (χ1n) is 8.72. The van der Waals surface area contributed by atoms with E-state index >= 15 is 0 Å². The third-order valence-electron chi connectivity index (χ3n) is 4.27. The molecular weight excluding hydrogens is 328 g/mol. The van der Waals surface area contributed by atoms with E-state index in [2.05, 4.69) is 0 Å². The Labute approximate surface area is 156 Å². The van der Waals surface area contributed by atoms with Crippen LogP contribution in [0.4, 0.5) is 0 Å². The summed E-state index contributed by atoms with van der Waals surface area (Å²) in [5, 5.41) is 20.7. The van der Waals surface area contributed by atoms with E-state index < -0.39 is 12.2 Å². The fourth-order valence-corrected chi connectivity index (χ4v) is 3.39. The van der Waals surface area contributed by atoms with Gasteiger partial charge >= 0.3 is 0 Å². The molecule has 0 saturated carbocycles. The molecule has 2 aromatic carbocycles. The lowest BCUT2D eigenvalue weighted by Gasteiger charge is -2.26. The summed E-state index contributed by atoms with van der Waals surface area (Å²) in [5.41, 5.74) is 1.55. The SMILES string of the molecule is CC(C)(C)C(O)c1ccc(Sc2ccc(C(O)C(C)(C)C)cc2)cc1. The van der Waals surface area contributed by atoms with Gasteiger partial charge in [-0.05, 0) is 46.2 Å². The van der Waals surface area contributed by atoms with Crippen molar-refractivity contribution in [1.29, 1.82) is 0 Å². The summed E-state index contributed by atoms with van der Waals surface area (Å²) in [7, 11) is 0. The van der Waals surface area contributed by atoms with Crippen LogP contribution in [0.5, 0.6) is 0 Å². The Balaban J connectivity index is 2.08. The zero-order chi connectivity index (χ0) is 18.8. The van der Waals surface area contributed by atoms with Gasteiger partial charge in [-0.15, -0.1) is 0 Å². The molecule has 0 bridgehead atoms. The molecule has 2 aromatic rings. The standard InChI is InChI=1S/C22H30O2S/c1-21(2,3)19(23)15-7-11-17(12-8-15)25-18-13-9-16(10-14-18)20(24)22(4,5)6/h7-14,19-20,23-24H,1-6H3. The van der Waals surface area contributed by atoms with Crippen molar-refractivity contribution in [3.05, 3.63) is 59.7 Å². The van der Waals surface area contributed by atoms with Crippen LogP contribution in [0.2, 0.25) is 0 Å². The highest BCUT2D eigenvalue weighted by atomic mass is 32.2. The number of benzene rings is 2. The summed E-state index contributed by atoms with van der Waals surface area (Å²) >= 11 is 1.68. The van der Waals surface area contributed by atoms with Gasteiger partial charge in [0.05, 0.1) is 12.2 Å². The predicted octanol–water partition coefficient (Wildman–Crippen LogP) is 6.00. The zero-order valence-corrected chi connectivity index (χ0v) is 16.9. The Morgan fingerprint density at radius 3 is 1.12 bits per heavy atom. The molecule has 0 saturated heterocycles. The van der Waals surface area contributed by atoms with Crippen LogP contribution in [0.1, 0.15) is 64.9 Å². The van der Waals surface area contributed by atoms with Crippen LogP contribution < -0.4 is 0 Å². The lowest BCUT2D eigenvalue weighted by Crippen LogP contribution is -2.17. The third kappa shape index (κ3) is 5.34. The van der Waals surface area contributed by atoms with Crippen molar-refractivity contribution in [2.24, 2.45) is 10.8 Å². The molecule has 3 heteroatoms. The Bertz CT molecular complexity index is 614. The molecule has 2 rings (SSSR count). The van der Waals surface area contributed by atoms with Gasteiger partial charge in [0, 0.05) is 9.79 Å². The molecule has 0 aromatic heterocycles. The van der Waals surface area contributed by atoms with Crippen molar-refractivity contribution in [2.75, 3.05) is 0 Å². The fraction of sp³-hybridized carbons (Fsp3) is 0.455. The second kappa shape index (κ2) is 7.53. The van der Waals surface area contributed by atoms with Gasteiger partial charge in [0.2, 0.25) is 0 Å². The van der Waals surface area contributed by atoms with Gasteiger partial charge in [-0.1, -0.05) is 77.6 Å². The number of hydrogen-bond acceptors (Lipinski definition) is 3. The minimum atomic E-state index is -0.468. The minimum absolute atomic E-state index is 0.168. The van der Waals surface area contributed by atoms with Gasteiger partial charge in [0.1, 0.15) is 0 Å². The topological polar surface area (TPSA) is 40.5 Å². The number of aliphatic hydroxyl groups is 2. The van der Waals surface area contributed by atoms with Crippen LogP contribution in [0.3, 0.4) is 0 Å². The van der Waals surface area contributed by atoms with Crippen LogP contribution in [-0.2, 0) is 0 Å². The van der Waals surface area contributed by atoms with E-state index in [-0.39, 0.29) is 10.8 Å². The second-order valence-electron chi connectivity index (χ2n) is 8.78. The number of aliphatic hydroxyl groups excluding tert-OH is 2. The summed E-state index contributed by atoms with van der Waals surface area (Å²) in [6.45, 7) is 12.2. The maximum absolute atomic E-state index is 10.4. The van der Waals surface area contributed by atoms with E-state index in [9.17, 15) is 10.2 Å². The van der Waals surface area contributed by atoms with Crippen molar-refractivity contribution < 1.29 is 10.2 Å². The Morgan fingerprint density at radius 2 is 0.880 bits per heavy atom. The molecule has 0 aliphatic heterocycles. The number of hydrogen-bond donors (Lipinski definition) is 2. The van der Waals surface area contributed by atoms with Crippen LogP contribution >= 0.6 is 11.8 Å². The van der Waals surface area contributed by atoms with Crippen LogP contribution in [0.15, 0.2) is 58.3 Å². The Hall–Kier alpha value is -1.29. The van der Waals surface area contributed by atoms with Gasteiger partial charge in [0.25, 0.3) is 0 Å². The van der Waals surface area contributed by atoms with E-state index in [1.54, 1.807) is 11.8 Å². The zero-order valence-electron chi connectivity index (χ0n) is 16.1. The van der Waals surface area contributed by atoms with Crippen molar-refractivity contribution in [1.82, 2.24) is 0 Å². The average molecular weight is 359 g/mol. The van der Waals surface area contributed by atoms with Crippen molar-refractivity contribution in [3.8, 4) is 0 Å². The van der Waals surface area contributed by atoms with Gasteiger partial charge in [0.15, 0.2) is 0 Å². The molecule has 0 fully saturated rings. The third-order valence-corrected chi connectivity index (χ3v) is 5.28. The molecule has 0 heterocycles. The maximum atomic E-state index is 10.4. The minimum Gasteiger partial charge on any atom is -0.388 e. The summed E-state index contributed by atoms with van der Waals surface area (Å²) in [6.07, 6.45) is -0.936. The largest absolute Gasteiger partial charge is 0.388 e. The first-order valence-corrected chi connectivity index (χ1v) is 9.54. The van der Waals surface area contributed by atoms with Crippen LogP contribution in [0.25, 0.3) is 0 Å². The summed E-state index contributed by atoms with van der Waals surface area (Å²) in [6, 6.07) is 16.2. The monoisotopic (exact) mass is 358 g/mol. The molecule has 0 amide bonds. The van der Waals surface area contributed by atoms with Gasteiger partial charge in [-0.2, -0.15) is 0 Å². The molecular formula is C22H30O2S.